The number of pyridine rings is 2. The van der Waals surface area contributed by atoms with E-state index in [4.69, 9.17) is 4.74 Å². The molecule has 1 aliphatic rings. The van der Waals surface area contributed by atoms with Crippen LogP contribution in [0.15, 0.2) is 72.1 Å². The van der Waals surface area contributed by atoms with Crippen LogP contribution in [0.4, 0.5) is 10.5 Å². The SMILES string of the molecule is C[C@@H]1COc2ccccc2-c2cncc(c2)SCCCC[C@H](NC(=O)Nc2cccnc2)C(=O)N1. The molecule has 35 heavy (non-hydrogen) atoms. The maximum atomic E-state index is 13.0. The molecule has 1 aromatic carbocycles. The largest absolute Gasteiger partial charge is 0.491 e. The fourth-order valence-electron chi connectivity index (χ4n) is 3.75. The van der Waals surface area contributed by atoms with Crippen LogP contribution in [0.5, 0.6) is 5.75 Å². The molecule has 8 nitrogen and oxygen atoms in total. The Morgan fingerprint density at radius 2 is 2.00 bits per heavy atom. The molecule has 3 heterocycles. The Morgan fingerprint density at radius 3 is 2.86 bits per heavy atom. The maximum Gasteiger partial charge on any atom is 0.319 e. The Kier molecular flexibility index (Phi) is 8.56. The van der Waals surface area contributed by atoms with Gasteiger partial charge in [0, 0.05) is 34.6 Å². The van der Waals surface area contributed by atoms with E-state index < -0.39 is 12.1 Å². The van der Waals surface area contributed by atoms with Gasteiger partial charge >= 0.3 is 6.03 Å². The highest BCUT2D eigenvalue weighted by Gasteiger charge is 2.22. The molecule has 3 N–H and O–H groups in total. The molecule has 9 heteroatoms. The van der Waals surface area contributed by atoms with E-state index in [1.54, 1.807) is 36.3 Å². The number of nitrogens with one attached hydrogen (secondary N) is 3. The Hall–Kier alpha value is -3.59. The predicted molar refractivity (Wildman–Crippen MR) is 138 cm³/mol. The lowest BCUT2D eigenvalue weighted by Crippen LogP contribution is -2.51. The topological polar surface area (TPSA) is 105 Å². The Bertz CT molecular complexity index is 1140. The quantitative estimate of drug-likeness (QED) is 0.488. The van der Waals surface area contributed by atoms with Crippen LogP contribution in [0.25, 0.3) is 11.1 Å². The molecule has 2 aromatic heterocycles. The molecule has 0 saturated carbocycles. The second-order valence-corrected chi connectivity index (χ2v) is 9.53. The van der Waals surface area contributed by atoms with Gasteiger partial charge in [-0.25, -0.2) is 4.79 Å². The van der Waals surface area contributed by atoms with Crippen LogP contribution in [-0.4, -0.2) is 46.3 Å². The zero-order valence-electron chi connectivity index (χ0n) is 19.6. The van der Waals surface area contributed by atoms with Crippen LogP contribution in [0.1, 0.15) is 26.2 Å². The number of fused-ring (bicyclic) bond motifs is 4. The Morgan fingerprint density at radius 1 is 1.11 bits per heavy atom. The Labute approximate surface area is 209 Å². The van der Waals surface area contributed by atoms with E-state index in [1.807, 2.05) is 43.6 Å². The van der Waals surface area contributed by atoms with E-state index in [9.17, 15) is 9.59 Å². The van der Waals surface area contributed by atoms with Crippen molar-refractivity contribution in [2.24, 2.45) is 0 Å². The van der Waals surface area contributed by atoms with Crippen molar-refractivity contribution in [3.8, 4) is 16.9 Å². The van der Waals surface area contributed by atoms with Gasteiger partial charge in [0.25, 0.3) is 0 Å². The number of urea groups is 1. The number of para-hydroxylation sites is 1. The normalized spacial score (nSPS) is 18.9. The van der Waals surface area contributed by atoms with Crippen molar-refractivity contribution in [2.75, 3.05) is 17.7 Å². The van der Waals surface area contributed by atoms with Crippen LogP contribution >= 0.6 is 11.8 Å². The summed E-state index contributed by atoms with van der Waals surface area (Å²) in [6, 6.07) is 12.1. The van der Waals surface area contributed by atoms with Gasteiger partial charge in [-0.05, 0) is 49.8 Å². The van der Waals surface area contributed by atoms with Crippen molar-refractivity contribution in [3.63, 3.8) is 0 Å². The zero-order valence-corrected chi connectivity index (χ0v) is 20.4. The minimum atomic E-state index is -0.663. The molecule has 1 aliphatic heterocycles. The molecule has 0 unspecified atom stereocenters. The summed E-state index contributed by atoms with van der Waals surface area (Å²) in [5.41, 5.74) is 2.52. The van der Waals surface area contributed by atoms with E-state index in [0.29, 0.717) is 18.7 Å². The highest BCUT2D eigenvalue weighted by molar-refractivity contribution is 7.99. The molecule has 0 saturated heterocycles. The standard InChI is InChI=1S/C26H29N5O3S/c1-18-17-34-24-10-3-2-8-22(24)19-13-21(16-28-14-19)35-12-5-4-9-23(25(32)29-18)31-26(33)30-20-7-6-11-27-15-20/h2-3,6-8,10-11,13-16,18,23H,4-5,9,12,17H2,1H3,(H,29,32)(H2,30,31,33)/t18-,23+/m1/s1. The fourth-order valence-corrected chi connectivity index (χ4v) is 4.68. The van der Waals surface area contributed by atoms with Crippen molar-refractivity contribution < 1.29 is 14.3 Å². The number of ether oxygens (including phenoxy) is 1. The number of carbonyl (C=O) groups is 2. The lowest BCUT2D eigenvalue weighted by molar-refractivity contribution is -0.123. The minimum Gasteiger partial charge on any atom is -0.491 e. The first-order chi connectivity index (χ1) is 17.1. The fraction of sp³-hybridized carbons (Fsp3) is 0.308. The predicted octanol–water partition coefficient (Wildman–Crippen LogP) is 4.49. The maximum absolute atomic E-state index is 13.0. The van der Waals surface area contributed by atoms with Gasteiger partial charge in [-0.3, -0.25) is 14.8 Å². The van der Waals surface area contributed by atoms with Crippen LogP contribution in [0.3, 0.4) is 0 Å². The lowest BCUT2D eigenvalue weighted by atomic mass is 10.1. The number of anilines is 1. The lowest BCUT2D eigenvalue weighted by Gasteiger charge is -2.22. The van der Waals surface area contributed by atoms with Crippen molar-refractivity contribution in [1.82, 2.24) is 20.6 Å². The number of hydrogen-bond acceptors (Lipinski definition) is 6. The van der Waals surface area contributed by atoms with E-state index in [-0.39, 0.29) is 11.9 Å². The molecular formula is C26H29N5O3S. The number of amides is 3. The number of nitrogens with zero attached hydrogens (tertiary/aromatic N) is 2. The van der Waals surface area contributed by atoms with Gasteiger partial charge in [0.1, 0.15) is 18.4 Å². The highest BCUT2D eigenvalue weighted by atomic mass is 32.2. The second-order valence-electron chi connectivity index (χ2n) is 8.36. The average Bonchev–Trinajstić information content (AvgIpc) is 2.87. The summed E-state index contributed by atoms with van der Waals surface area (Å²) >= 11 is 1.73. The summed E-state index contributed by atoms with van der Waals surface area (Å²) in [5.74, 6) is 1.38. The van der Waals surface area contributed by atoms with E-state index >= 15 is 0 Å². The molecule has 0 radical (unpaired) electrons. The summed E-state index contributed by atoms with van der Waals surface area (Å²) in [6.07, 6.45) is 9.11. The van der Waals surface area contributed by atoms with Crippen molar-refractivity contribution in [3.05, 3.63) is 67.3 Å². The summed E-state index contributed by atoms with van der Waals surface area (Å²) in [5, 5.41) is 8.52. The van der Waals surface area contributed by atoms with Crippen LogP contribution in [-0.2, 0) is 4.79 Å². The zero-order chi connectivity index (χ0) is 24.5. The summed E-state index contributed by atoms with van der Waals surface area (Å²) in [7, 11) is 0. The number of benzene rings is 1. The monoisotopic (exact) mass is 491 g/mol. The third-order valence-electron chi connectivity index (χ3n) is 5.49. The smallest absolute Gasteiger partial charge is 0.319 e. The first kappa shape index (κ1) is 24.5. The van der Waals surface area contributed by atoms with Crippen molar-refractivity contribution in [1.29, 1.82) is 0 Å². The van der Waals surface area contributed by atoms with E-state index in [0.717, 1.165) is 40.4 Å². The molecule has 3 aromatic rings. The number of thioether (sulfide) groups is 1. The molecule has 2 atom stereocenters. The third kappa shape index (κ3) is 7.19. The van der Waals surface area contributed by atoms with Crippen LogP contribution in [0.2, 0.25) is 0 Å². The Balaban J connectivity index is 1.48. The summed E-state index contributed by atoms with van der Waals surface area (Å²) < 4.78 is 6.09. The number of rotatable bonds is 2. The van der Waals surface area contributed by atoms with Crippen LogP contribution in [0, 0.1) is 0 Å². The van der Waals surface area contributed by atoms with Gasteiger partial charge in [-0.1, -0.05) is 24.6 Å². The molecule has 4 rings (SSSR count). The van der Waals surface area contributed by atoms with Crippen molar-refractivity contribution in [2.45, 2.75) is 43.2 Å². The molecule has 0 aliphatic carbocycles. The summed E-state index contributed by atoms with van der Waals surface area (Å²) in [6.45, 7) is 2.18. The molecule has 0 fully saturated rings. The molecule has 0 spiro atoms. The molecular weight excluding hydrogens is 462 g/mol. The first-order valence-corrected chi connectivity index (χ1v) is 12.6. The van der Waals surface area contributed by atoms with Gasteiger partial charge < -0.3 is 20.7 Å². The van der Waals surface area contributed by atoms with Crippen LogP contribution < -0.4 is 20.7 Å². The highest BCUT2D eigenvalue weighted by Crippen LogP contribution is 2.32. The summed E-state index contributed by atoms with van der Waals surface area (Å²) in [4.78, 5) is 35.1. The van der Waals surface area contributed by atoms with E-state index in [2.05, 4.69) is 32.0 Å². The second kappa shape index (κ2) is 12.2. The van der Waals surface area contributed by atoms with Gasteiger partial charge in [0.15, 0.2) is 0 Å². The average molecular weight is 492 g/mol. The van der Waals surface area contributed by atoms with Gasteiger partial charge in [-0.15, -0.1) is 11.8 Å². The van der Waals surface area contributed by atoms with Crippen molar-refractivity contribution >= 4 is 29.4 Å². The number of aromatic nitrogens is 2. The van der Waals surface area contributed by atoms with E-state index in [1.165, 1.54) is 0 Å². The van der Waals surface area contributed by atoms with Gasteiger partial charge in [-0.2, -0.15) is 0 Å². The first-order valence-electron chi connectivity index (χ1n) is 11.7. The van der Waals surface area contributed by atoms with Gasteiger partial charge in [0.05, 0.1) is 17.9 Å². The van der Waals surface area contributed by atoms with Gasteiger partial charge in [0.2, 0.25) is 5.91 Å². The molecule has 182 valence electrons. The third-order valence-corrected chi connectivity index (χ3v) is 6.54. The number of hydrogen-bond donors (Lipinski definition) is 3. The number of carbonyl (C=O) groups excluding carboxylic acids is 2. The molecule has 3 amide bonds. The molecule has 2 bridgehead atoms. The minimum absolute atomic E-state index is 0.232.